The first kappa shape index (κ1) is 19.5. The van der Waals surface area contributed by atoms with Crippen LogP contribution in [0.2, 0.25) is 5.02 Å². The zero-order valence-electron chi connectivity index (χ0n) is 15.0. The van der Waals surface area contributed by atoms with Crippen molar-refractivity contribution >= 4 is 33.3 Å². The second kappa shape index (κ2) is 7.78. The molecule has 0 fully saturated rings. The van der Waals surface area contributed by atoms with Crippen molar-refractivity contribution in [2.75, 3.05) is 18.9 Å². The molecule has 1 N–H and O–H groups in total. The lowest BCUT2D eigenvalue weighted by Gasteiger charge is -2.20. The SMILES string of the molecule is COC(=O)c1ccc(Cl)c(NS(=O)(=O)c2cc3c(cc2OC)CCCC3)c1. The standard InChI is InChI=1S/C19H20ClNO5S/c1-25-17-10-12-5-3-4-6-13(12)11-18(17)27(23,24)21-16-9-14(19(22)26-2)7-8-15(16)20/h7-11,21H,3-6H2,1-2H3. The minimum Gasteiger partial charge on any atom is -0.495 e. The number of anilines is 1. The van der Waals surface area contributed by atoms with Crippen LogP contribution in [0, 0.1) is 0 Å². The molecule has 0 bridgehead atoms. The lowest BCUT2D eigenvalue weighted by molar-refractivity contribution is 0.0601. The van der Waals surface area contributed by atoms with E-state index >= 15 is 0 Å². The summed E-state index contributed by atoms with van der Waals surface area (Å²) >= 11 is 6.12. The molecular formula is C19H20ClNO5S. The Hall–Kier alpha value is -2.25. The molecule has 6 nitrogen and oxygen atoms in total. The summed E-state index contributed by atoms with van der Waals surface area (Å²) in [6, 6.07) is 7.70. The number of benzene rings is 2. The minimum absolute atomic E-state index is 0.0465. The Morgan fingerprint density at radius 1 is 1.07 bits per heavy atom. The van der Waals surface area contributed by atoms with E-state index in [-0.39, 0.29) is 26.9 Å². The summed E-state index contributed by atoms with van der Waals surface area (Å²) < 4.78 is 38.4. The molecule has 0 radical (unpaired) electrons. The Kier molecular flexibility index (Phi) is 5.62. The number of aryl methyl sites for hydroxylation is 2. The van der Waals surface area contributed by atoms with Gasteiger partial charge in [-0.2, -0.15) is 0 Å². The molecule has 2 aromatic rings. The Morgan fingerprint density at radius 2 is 1.74 bits per heavy atom. The number of methoxy groups -OCH3 is 2. The fourth-order valence-electron chi connectivity index (χ4n) is 3.16. The summed E-state index contributed by atoms with van der Waals surface area (Å²) in [5.74, 6) is -0.304. The van der Waals surface area contributed by atoms with Gasteiger partial charge in [-0.05, 0) is 67.1 Å². The normalized spacial score (nSPS) is 13.6. The fraction of sp³-hybridized carbons (Fsp3) is 0.316. The molecule has 0 saturated heterocycles. The number of esters is 1. The molecule has 0 atom stereocenters. The van der Waals surface area contributed by atoms with Crippen molar-refractivity contribution in [3.05, 3.63) is 52.0 Å². The average molecular weight is 410 g/mol. The van der Waals surface area contributed by atoms with Crippen molar-refractivity contribution in [2.24, 2.45) is 0 Å². The average Bonchev–Trinajstić information content (AvgIpc) is 2.67. The molecule has 8 heteroatoms. The minimum atomic E-state index is -3.97. The van der Waals surface area contributed by atoms with E-state index in [0.29, 0.717) is 0 Å². The zero-order chi connectivity index (χ0) is 19.6. The van der Waals surface area contributed by atoms with Gasteiger partial charge in [-0.15, -0.1) is 0 Å². The second-order valence-corrected chi connectivity index (χ2v) is 8.33. The summed E-state index contributed by atoms with van der Waals surface area (Å²) in [7, 11) is -1.29. The maximum absolute atomic E-state index is 13.0. The summed E-state index contributed by atoms with van der Waals surface area (Å²) in [5, 5.41) is 0.170. The van der Waals surface area contributed by atoms with Crippen LogP contribution in [-0.4, -0.2) is 28.6 Å². The van der Waals surface area contributed by atoms with Gasteiger partial charge in [-0.3, -0.25) is 4.72 Å². The van der Waals surface area contributed by atoms with Crippen LogP contribution in [0.25, 0.3) is 0 Å². The molecule has 2 aromatic carbocycles. The Balaban J connectivity index is 2.02. The maximum Gasteiger partial charge on any atom is 0.337 e. The van der Waals surface area contributed by atoms with Gasteiger partial charge in [0.25, 0.3) is 10.0 Å². The van der Waals surface area contributed by atoms with Crippen molar-refractivity contribution < 1.29 is 22.7 Å². The topological polar surface area (TPSA) is 81.7 Å². The smallest absolute Gasteiger partial charge is 0.337 e. The lowest BCUT2D eigenvalue weighted by atomic mass is 9.92. The highest BCUT2D eigenvalue weighted by atomic mass is 35.5. The van der Waals surface area contributed by atoms with E-state index in [4.69, 9.17) is 16.3 Å². The number of hydrogen-bond acceptors (Lipinski definition) is 5. The molecule has 0 aromatic heterocycles. The number of hydrogen-bond donors (Lipinski definition) is 1. The van der Waals surface area contributed by atoms with E-state index in [9.17, 15) is 13.2 Å². The first-order valence-electron chi connectivity index (χ1n) is 8.46. The molecule has 27 heavy (non-hydrogen) atoms. The third kappa shape index (κ3) is 4.04. The molecule has 0 spiro atoms. The molecule has 0 amide bonds. The van der Waals surface area contributed by atoms with Crippen LogP contribution in [0.3, 0.4) is 0 Å². The van der Waals surface area contributed by atoms with Crippen LogP contribution < -0.4 is 9.46 Å². The second-order valence-electron chi connectivity index (χ2n) is 6.27. The van der Waals surface area contributed by atoms with E-state index in [2.05, 4.69) is 9.46 Å². The summed E-state index contributed by atoms with van der Waals surface area (Å²) in [4.78, 5) is 11.8. The first-order chi connectivity index (χ1) is 12.9. The Labute approximate surface area is 163 Å². The Bertz CT molecular complexity index is 988. The summed E-state index contributed by atoms with van der Waals surface area (Å²) in [5.41, 5.74) is 2.41. The summed E-state index contributed by atoms with van der Waals surface area (Å²) in [6.07, 6.45) is 3.85. The number of nitrogens with one attached hydrogen (secondary N) is 1. The number of carbonyl (C=O) groups is 1. The van der Waals surface area contributed by atoms with Crippen LogP contribution in [0.1, 0.15) is 34.3 Å². The third-order valence-corrected chi connectivity index (χ3v) is 6.27. The molecule has 1 aliphatic rings. The van der Waals surface area contributed by atoms with Crippen LogP contribution in [0.4, 0.5) is 5.69 Å². The van der Waals surface area contributed by atoms with Crippen molar-refractivity contribution in [1.82, 2.24) is 0 Å². The van der Waals surface area contributed by atoms with Crippen LogP contribution in [0.5, 0.6) is 5.75 Å². The van der Waals surface area contributed by atoms with Crippen LogP contribution >= 0.6 is 11.6 Å². The lowest BCUT2D eigenvalue weighted by Crippen LogP contribution is -2.16. The molecular weight excluding hydrogens is 390 g/mol. The molecule has 0 heterocycles. The third-order valence-electron chi connectivity index (χ3n) is 4.55. The van der Waals surface area contributed by atoms with E-state index in [0.717, 1.165) is 36.8 Å². The first-order valence-corrected chi connectivity index (χ1v) is 10.3. The van der Waals surface area contributed by atoms with Crippen molar-refractivity contribution in [3.8, 4) is 5.75 Å². The number of carbonyl (C=O) groups excluding carboxylic acids is 1. The number of ether oxygens (including phenoxy) is 2. The van der Waals surface area contributed by atoms with Gasteiger partial charge >= 0.3 is 5.97 Å². The van der Waals surface area contributed by atoms with Crippen molar-refractivity contribution in [1.29, 1.82) is 0 Å². The number of sulfonamides is 1. The van der Waals surface area contributed by atoms with Gasteiger partial charge in [0.1, 0.15) is 10.6 Å². The molecule has 144 valence electrons. The predicted molar refractivity (Wildman–Crippen MR) is 103 cm³/mol. The molecule has 1 aliphatic carbocycles. The number of rotatable bonds is 5. The highest BCUT2D eigenvalue weighted by Crippen LogP contribution is 2.34. The van der Waals surface area contributed by atoms with Crippen molar-refractivity contribution in [2.45, 2.75) is 30.6 Å². The van der Waals surface area contributed by atoms with Gasteiger partial charge in [-0.25, -0.2) is 13.2 Å². The number of fused-ring (bicyclic) bond motifs is 1. The van der Waals surface area contributed by atoms with Crippen molar-refractivity contribution in [3.63, 3.8) is 0 Å². The monoisotopic (exact) mass is 409 g/mol. The van der Waals surface area contributed by atoms with E-state index in [1.807, 2.05) is 0 Å². The zero-order valence-corrected chi connectivity index (χ0v) is 16.6. The maximum atomic E-state index is 13.0. The van der Waals surface area contributed by atoms with Crippen LogP contribution in [-0.2, 0) is 27.6 Å². The highest BCUT2D eigenvalue weighted by molar-refractivity contribution is 7.92. The van der Waals surface area contributed by atoms with Gasteiger partial charge < -0.3 is 9.47 Å². The molecule has 0 saturated carbocycles. The van der Waals surface area contributed by atoms with Gasteiger partial charge in [-0.1, -0.05) is 11.6 Å². The Morgan fingerprint density at radius 3 is 2.37 bits per heavy atom. The van der Waals surface area contributed by atoms with Gasteiger partial charge in [0, 0.05) is 0 Å². The van der Waals surface area contributed by atoms with Crippen LogP contribution in [0.15, 0.2) is 35.2 Å². The van der Waals surface area contributed by atoms with E-state index in [1.54, 1.807) is 12.1 Å². The molecule has 3 rings (SSSR count). The van der Waals surface area contributed by atoms with Gasteiger partial charge in [0.15, 0.2) is 0 Å². The fourth-order valence-corrected chi connectivity index (χ4v) is 4.65. The molecule has 0 aliphatic heterocycles. The van der Waals surface area contributed by atoms with E-state index < -0.39 is 16.0 Å². The van der Waals surface area contributed by atoms with E-state index in [1.165, 1.54) is 32.4 Å². The molecule has 0 unspecified atom stereocenters. The van der Waals surface area contributed by atoms with Gasteiger partial charge in [0.2, 0.25) is 0 Å². The quantitative estimate of drug-likeness (QED) is 0.759. The predicted octanol–water partition coefficient (Wildman–Crippen LogP) is 3.81. The van der Waals surface area contributed by atoms with Gasteiger partial charge in [0.05, 0.1) is 30.5 Å². The number of halogens is 1. The largest absolute Gasteiger partial charge is 0.495 e. The highest BCUT2D eigenvalue weighted by Gasteiger charge is 2.24. The summed E-state index contributed by atoms with van der Waals surface area (Å²) in [6.45, 7) is 0.